The first-order valence-electron chi connectivity index (χ1n) is 10.4. The fraction of sp³-hybridized carbons (Fsp3) is 0.667. The molecular formula is C21H28N4OS. The summed E-state index contributed by atoms with van der Waals surface area (Å²) >= 11 is 1.57. The smallest absolute Gasteiger partial charge is 0.264 e. The van der Waals surface area contributed by atoms with Gasteiger partial charge >= 0.3 is 0 Å². The maximum absolute atomic E-state index is 13.2. The predicted molar refractivity (Wildman–Crippen MR) is 109 cm³/mol. The van der Waals surface area contributed by atoms with Crippen LogP contribution in [0, 0.1) is 13.8 Å². The molecule has 2 aromatic heterocycles. The Morgan fingerprint density at radius 3 is 2.37 bits per heavy atom. The lowest BCUT2D eigenvalue weighted by molar-refractivity contribution is 0.0577. The van der Waals surface area contributed by atoms with E-state index in [0.29, 0.717) is 5.92 Å². The van der Waals surface area contributed by atoms with Gasteiger partial charge in [0.05, 0.1) is 10.6 Å². The van der Waals surface area contributed by atoms with E-state index in [4.69, 9.17) is 9.97 Å². The first kappa shape index (κ1) is 17.6. The van der Waals surface area contributed by atoms with Crippen LogP contribution in [0.4, 0.5) is 0 Å². The van der Waals surface area contributed by atoms with Gasteiger partial charge in [0, 0.05) is 43.5 Å². The number of aromatic nitrogens is 2. The van der Waals surface area contributed by atoms with E-state index in [1.807, 2.05) is 4.90 Å². The number of carbonyl (C=O) groups is 1. The van der Waals surface area contributed by atoms with Crippen LogP contribution in [0.2, 0.25) is 0 Å². The summed E-state index contributed by atoms with van der Waals surface area (Å²) in [5, 5.41) is 1.09. The molecule has 0 unspecified atom stereocenters. The zero-order valence-electron chi connectivity index (χ0n) is 16.3. The number of thiophene rings is 1. The van der Waals surface area contributed by atoms with E-state index in [9.17, 15) is 4.79 Å². The minimum atomic E-state index is 0.189. The third-order valence-electron chi connectivity index (χ3n) is 6.57. The third kappa shape index (κ3) is 3.17. The van der Waals surface area contributed by atoms with Crippen LogP contribution in [0.25, 0.3) is 10.2 Å². The Hall–Kier alpha value is -1.53. The van der Waals surface area contributed by atoms with Crippen LogP contribution < -0.4 is 0 Å². The number of aryl methyl sites for hydroxylation is 2. The molecule has 0 bridgehead atoms. The monoisotopic (exact) mass is 384 g/mol. The summed E-state index contributed by atoms with van der Waals surface area (Å²) in [5.74, 6) is 1.71. The number of hydrogen-bond acceptors (Lipinski definition) is 5. The van der Waals surface area contributed by atoms with Gasteiger partial charge in [-0.05, 0) is 45.1 Å². The normalized spacial score (nSPS) is 22.1. The predicted octanol–water partition coefficient (Wildman–Crippen LogP) is 3.89. The average Bonchev–Trinajstić information content (AvgIpc) is 3.27. The number of amides is 1. The molecule has 1 aliphatic heterocycles. The van der Waals surface area contributed by atoms with Crippen LogP contribution in [0.1, 0.15) is 71.2 Å². The van der Waals surface area contributed by atoms with Gasteiger partial charge in [0.15, 0.2) is 0 Å². The van der Waals surface area contributed by atoms with Crippen molar-refractivity contribution in [2.24, 2.45) is 0 Å². The van der Waals surface area contributed by atoms with Crippen molar-refractivity contribution in [1.82, 2.24) is 19.8 Å². The zero-order valence-corrected chi connectivity index (χ0v) is 17.1. The zero-order chi connectivity index (χ0) is 18.5. The van der Waals surface area contributed by atoms with Crippen LogP contribution in [-0.4, -0.2) is 57.9 Å². The topological polar surface area (TPSA) is 49.3 Å². The molecule has 0 N–H and O–H groups in total. The van der Waals surface area contributed by atoms with Crippen molar-refractivity contribution in [2.75, 3.05) is 26.2 Å². The molecule has 0 aromatic carbocycles. The van der Waals surface area contributed by atoms with E-state index in [-0.39, 0.29) is 5.91 Å². The minimum Gasteiger partial charge on any atom is -0.335 e. The largest absolute Gasteiger partial charge is 0.335 e. The van der Waals surface area contributed by atoms with Gasteiger partial charge in [0.1, 0.15) is 10.7 Å². The molecule has 0 radical (unpaired) electrons. The molecule has 2 aliphatic carbocycles. The van der Waals surface area contributed by atoms with Crippen molar-refractivity contribution >= 4 is 27.5 Å². The lowest BCUT2D eigenvalue weighted by Crippen LogP contribution is -2.51. The average molecular weight is 385 g/mol. The van der Waals surface area contributed by atoms with Crippen molar-refractivity contribution in [3.8, 4) is 0 Å². The quantitative estimate of drug-likeness (QED) is 0.806. The fourth-order valence-corrected chi connectivity index (χ4v) is 6.00. The van der Waals surface area contributed by atoms with Crippen molar-refractivity contribution in [3.63, 3.8) is 0 Å². The number of piperazine rings is 1. The number of fused-ring (bicyclic) bond motifs is 1. The molecule has 5 nitrogen and oxygen atoms in total. The summed E-state index contributed by atoms with van der Waals surface area (Å²) in [5.41, 5.74) is 2.10. The lowest BCUT2D eigenvalue weighted by atomic mass is 10.1. The molecule has 6 heteroatoms. The van der Waals surface area contributed by atoms with Crippen LogP contribution >= 0.6 is 11.3 Å². The Morgan fingerprint density at radius 2 is 1.70 bits per heavy atom. The molecule has 1 saturated heterocycles. The molecule has 0 spiro atoms. The molecule has 2 saturated carbocycles. The van der Waals surface area contributed by atoms with Crippen LogP contribution in [-0.2, 0) is 0 Å². The minimum absolute atomic E-state index is 0.189. The SMILES string of the molecule is Cc1nc(C2CC2)nc2sc(C(=O)N3CCN(C4CCCC4)CC3)c(C)c12. The van der Waals surface area contributed by atoms with Gasteiger partial charge in [-0.1, -0.05) is 12.8 Å². The van der Waals surface area contributed by atoms with E-state index in [0.717, 1.165) is 64.4 Å². The van der Waals surface area contributed by atoms with E-state index in [1.54, 1.807) is 11.3 Å². The summed E-state index contributed by atoms with van der Waals surface area (Å²) in [6, 6.07) is 0.757. The first-order valence-corrected chi connectivity index (χ1v) is 11.2. The first-order chi connectivity index (χ1) is 13.1. The molecular weight excluding hydrogens is 356 g/mol. The number of rotatable bonds is 3. The number of carbonyl (C=O) groups excluding carboxylic acids is 1. The molecule has 144 valence electrons. The summed E-state index contributed by atoms with van der Waals surface area (Å²) in [6.07, 6.45) is 7.82. The highest BCUT2D eigenvalue weighted by Crippen LogP contribution is 2.40. The highest BCUT2D eigenvalue weighted by atomic mass is 32.1. The summed E-state index contributed by atoms with van der Waals surface area (Å²) in [6.45, 7) is 7.86. The molecule has 3 fully saturated rings. The van der Waals surface area contributed by atoms with Gasteiger partial charge < -0.3 is 4.90 Å². The molecule has 27 heavy (non-hydrogen) atoms. The van der Waals surface area contributed by atoms with Crippen molar-refractivity contribution in [2.45, 2.75) is 64.3 Å². The molecule has 1 amide bonds. The molecule has 3 heterocycles. The van der Waals surface area contributed by atoms with E-state index in [2.05, 4.69) is 18.7 Å². The van der Waals surface area contributed by atoms with Gasteiger partial charge in [0.25, 0.3) is 5.91 Å². The fourth-order valence-electron chi connectivity index (χ4n) is 4.79. The lowest BCUT2D eigenvalue weighted by Gasteiger charge is -2.38. The van der Waals surface area contributed by atoms with E-state index < -0.39 is 0 Å². The van der Waals surface area contributed by atoms with Gasteiger partial charge in [-0.25, -0.2) is 9.97 Å². The highest BCUT2D eigenvalue weighted by molar-refractivity contribution is 7.20. The number of hydrogen-bond donors (Lipinski definition) is 0. The van der Waals surface area contributed by atoms with Gasteiger partial charge in [-0.2, -0.15) is 0 Å². The Kier molecular flexibility index (Phi) is 4.43. The summed E-state index contributed by atoms with van der Waals surface area (Å²) < 4.78 is 0. The summed E-state index contributed by atoms with van der Waals surface area (Å²) in [7, 11) is 0. The molecule has 5 rings (SSSR count). The second-order valence-electron chi connectivity index (χ2n) is 8.44. The second kappa shape index (κ2) is 6.82. The summed E-state index contributed by atoms with van der Waals surface area (Å²) in [4.78, 5) is 29.3. The Labute approximate surface area is 164 Å². The van der Waals surface area contributed by atoms with Gasteiger partial charge in [-0.3, -0.25) is 9.69 Å². The van der Waals surface area contributed by atoms with Crippen molar-refractivity contribution < 1.29 is 4.79 Å². The van der Waals surface area contributed by atoms with Crippen molar-refractivity contribution in [3.05, 3.63) is 22.0 Å². The van der Waals surface area contributed by atoms with Crippen LogP contribution in [0.3, 0.4) is 0 Å². The maximum Gasteiger partial charge on any atom is 0.264 e. The Bertz CT molecular complexity index is 874. The Morgan fingerprint density at radius 1 is 1.00 bits per heavy atom. The van der Waals surface area contributed by atoms with Crippen molar-refractivity contribution in [1.29, 1.82) is 0 Å². The van der Waals surface area contributed by atoms with Crippen LogP contribution in [0.15, 0.2) is 0 Å². The van der Waals surface area contributed by atoms with Crippen LogP contribution in [0.5, 0.6) is 0 Å². The maximum atomic E-state index is 13.2. The Balaban J connectivity index is 1.36. The van der Waals surface area contributed by atoms with Gasteiger partial charge in [-0.15, -0.1) is 11.3 Å². The molecule has 2 aromatic rings. The standard InChI is InChI=1S/C21H28N4OS/c1-13-17-14(2)22-19(15-7-8-15)23-20(17)27-18(13)21(26)25-11-9-24(10-12-25)16-5-3-4-6-16/h15-16H,3-12H2,1-2H3. The number of nitrogens with zero attached hydrogens (tertiary/aromatic N) is 4. The third-order valence-corrected chi connectivity index (χ3v) is 7.74. The van der Waals surface area contributed by atoms with E-state index >= 15 is 0 Å². The molecule has 0 atom stereocenters. The van der Waals surface area contributed by atoms with Gasteiger partial charge in [0.2, 0.25) is 0 Å². The highest BCUT2D eigenvalue weighted by Gasteiger charge is 2.31. The molecule has 3 aliphatic rings. The van der Waals surface area contributed by atoms with E-state index in [1.165, 1.54) is 38.5 Å². The second-order valence-corrected chi connectivity index (χ2v) is 9.44.